The minimum Gasteiger partial charge on any atom is -0.412 e. The third kappa shape index (κ3) is 5.52. The van der Waals surface area contributed by atoms with E-state index in [1.807, 2.05) is 18.2 Å². The van der Waals surface area contributed by atoms with E-state index >= 15 is 0 Å². The number of thiocarbonyl (C=S) groups is 1. The van der Waals surface area contributed by atoms with E-state index in [0.29, 0.717) is 4.32 Å². The van der Waals surface area contributed by atoms with Gasteiger partial charge in [0.2, 0.25) is 0 Å². The molecule has 0 heterocycles. The van der Waals surface area contributed by atoms with E-state index in [1.54, 1.807) is 0 Å². The zero-order chi connectivity index (χ0) is 8.81. The van der Waals surface area contributed by atoms with Crippen LogP contribution >= 0.6 is 12.2 Å². The first-order valence-electron chi connectivity index (χ1n) is 3.78. The molecule has 2 nitrogen and oxygen atoms in total. The quantitative estimate of drug-likeness (QED) is 0.598. The number of rotatable bonds is 3. The first kappa shape index (κ1) is 12.3. The van der Waals surface area contributed by atoms with Gasteiger partial charge in [-0.2, -0.15) is 0 Å². The summed E-state index contributed by atoms with van der Waals surface area (Å²) in [6.07, 6.45) is 0.970. The van der Waals surface area contributed by atoms with Crippen molar-refractivity contribution in [1.29, 1.82) is 0 Å². The first-order valence-corrected chi connectivity index (χ1v) is 4.59. The van der Waals surface area contributed by atoms with Crippen LogP contribution in [0.5, 0.6) is 0 Å². The van der Waals surface area contributed by atoms with Crippen molar-refractivity contribution in [2.45, 2.75) is 6.42 Å². The van der Waals surface area contributed by atoms with Gasteiger partial charge in [-0.1, -0.05) is 34.7 Å². The Balaban J connectivity index is 0.00000144. The molecule has 0 aliphatic heterocycles. The number of hydrogen-bond donors (Lipinski definition) is 2. The highest BCUT2D eigenvalue weighted by molar-refractivity contribution is 8.00. The lowest BCUT2D eigenvalue weighted by atomic mass is 10.2. The normalized spacial score (nSPS) is 8.62. The van der Waals surface area contributed by atoms with E-state index in [2.05, 4.69) is 17.4 Å². The van der Waals surface area contributed by atoms with Gasteiger partial charge in [0.15, 0.2) is 0 Å². The molecular formula is C9H14N2S2. The SMILES string of the molecule is S=C([S-])NCCc1ccccc1.[NH4+]. The molecule has 0 radical (unpaired) electrons. The summed E-state index contributed by atoms with van der Waals surface area (Å²) < 4.78 is 0.450. The lowest BCUT2D eigenvalue weighted by Crippen LogP contribution is -2.21. The average Bonchev–Trinajstić information content (AvgIpc) is 2.05. The molecule has 0 saturated heterocycles. The highest BCUT2D eigenvalue weighted by Gasteiger charge is 1.88. The molecule has 0 spiro atoms. The molecular weight excluding hydrogens is 200 g/mol. The molecule has 1 aromatic rings. The van der Waals surface area contributed by atoms with Crippen LogP contribution in [0.3, 0.4) is 0 Å². The van der Waals surface area contributed by atoms with Crippen LogP contribution in [0.2, 0.25) is 0 Å². The van der Waals surface area contributed by atoms with Gasteiger partial charge >= 0.3 is 0 Å². The number of benzene rings is 1. The van der Waals surface area contributed by atoms with Crippen molar-refractivity contribution in [1.82, 2.24) is 11.5 Å². The van der Waals surface area contributed by atoms with Gasteiger partial charge in [-0.05, 0) is 12.0 Å². The Morgan fingerprint density at radius 3 is 2.46 bits per heavy atom. The number of quaternary nitrogens is 1. The predicted molar refractivity (Wildman–Crippen MR) is 64.1 cm³/mol. The molecule has 4 heteroatoms. The van der Waals surface area contributed by atoms with E-state index in [4.69, 9.17) is 24.8 Å². The summed E-state index contributed by atoms with van der Waals surface area (Å²) in [6, 6.07) is 10.2. The maximum absolute atomic E-state index is 4.71. The van der Waals surface area contributed by atoms with Crippen LogP contribution in [0, 0.1) is 0 Å². The molecule has 0 fully saturated rings. The van der Waals surface area contributed by atoms with E-state index in [9.17, 15) is 0 Å². The number of hydrogen-bond acceptors (Lipinski definition) is 2. The molecule has 5 N–H and O–H groups in total. The van der Waals surface area contributed by atoms with E-state index in [-0.39, 0.29) is 6.15 Å². The van der Waals surface area contributed by atoms with Crippen LogP contribution in [0.4, 0.5) is 0 Å². The summed E-state index contributed by atoms with van der Waals surface area (Å²) in [5, 5.41) is 2.94. The van der Waals surface area contributed by atoms with Crippen molar-refractivity contribution < 1.29 is 0 Å². The lowest BCUT2D eigenvalue weighted by molar-refractivity contribution is 0.883. The topological polar surface area (TPSA) is 48.5 Å². The Labute approximate surface area is 89.7 Å². The van der Waals surface area contributed by atoms with Crippen molar-refractivity contribution in [3.8, 4) is 0 Å². The van der Waals surface area contributed by atoms with Crippen LogP contribution in [-0.4, -0.2) is 10.9 Å². The van der Waals surface area contributed by atoms with Gasteiger partial charge in [-0.15, -0.1) is 0 Å². The van der Waals surface area contributed by atoms with Gasteiger partial charge < -0.3 is 36.3 Å². The average molecular weight is 214 g/mol. The summed E-state index contributed by atoms with van der Waals surface area (Å²) in [5.41, 5.74) is 1.30. The van der Waals surface area contributed by atoms with Gasteiger partial charge in [0.1, 0.15) is 0 Å². The van der Waals surface area contributed by atoms with E-state index < -0.39 is 0 Å². The van der Waals surface area contributed by atoms with Crippen LogP contribution in [-0.2, 0) is 19.0 Å². The lowest BCUT2D eigenvalue weighted by Gasteiger charge is -2.08. The summed E-state index contributed by atoms with van der Waals surface area (Å²) >= 11 is 9.43. The molecule has 0 atom stereocenters. The van der Waals surface area contributed by atoms with Crippen LogP contribution in [0.25, 0.3) is 0 Å². The maximum atomic E-state index is 4.71. The maximum Gasteiger partial charge on any atom is 0.0172 e. The Morgan fingerprint density at radius 2 is 1.92 bits per heavy atom. The summed E-state index contributed by atoms with van der Waals surface area (Å²) in [6.45, 7) is 0.826. The van der Waals surface area contributed by atoms with Crippen LogP contribution in [0.15, 0.2) is 30.3 Å². The van der Waals surface area contributed by atoms with Crippen molar-refractivity contribution >= 4 is 29.2 Å². The molecule has 13 heavy (non-hydrogen) atoms. The Hall–Kier alpha value is -0.710. The Morgan fingerprint density at radius 1 is 1.31 bits per heavy atom. The molecule has 0 bridgehead atoms. The Bertz CT molecular complexity index is 249. The third-order valence-electron chi connectivity index (χ3n) is 1.53. The smallest absolute Gasteiger partial charge is 0.0172 e. The fourth-order valence-electron chi connectivity index (χ4n) is 0.954. The molecule has 0 unspecified atom stereocenters. The molecule has 0 aromatic heterocycles. The van der Waals surface area contributed by atoms with Gasteiger partial charge in [0.25, 0.3) is 0 Å². The van der Waals surface area contributed by atoms with Crippen LogP contribution < -0.4 is 11.5 Å². The van der Waals surface area contributed by atoms with Crippen molar-refractivity contribution in [2.75, 3.05) is 6.54 Å². The fraction of sp³-hybridized carbons (Fsp3) is 0.222. The van der Waals surface area contributed by atoms with Gasteiger partial charge in [0.05, 0.1) is 0 Å². The van der Waals surface area contributed by atoms with Crippen molar-refractivity contribution in [2.24, 2.45) is 0 Å². The Kier molecular flexibility index (Phi) is 6.40. The minimum atomic E-state index is 0. The summed E-state index contributed by atoms with van der Waals surface area (Å²) in [7, 11) is 0. The monoisotopic (exact) mass is 214 g/mol. The summed E-state index contributed by atoms with van der Waals surface area (Å²) in [5.74, 6) is 0. The first-order chi connectivity index (χ1) is 5.79. The van der Waals surface area contributed by atoms with Crippen LogP contribution in [0.1, 0.15) is 5.56 Å². The molecule has 0 aliphatic carbocycles. The highest BCUT2D eigenvalue weighted by Crippen LogP contribution is 1.97. The minimum absolute atomic E-state index is 0. The second kappa shape index (κ2) is 6.77. The molecule has 1 rings (SSSR count). The van der Waals surface area contributed by atoms with E-state index in [1.165, 1.54) is 5.56 Å². The molecule has 72 valence electrons. The standard InChI is InChI=1S/C9H11NS2.H3N/c11-9(12)10-7-6-8-4-2-1-3-5-8;/h1-5H,6-7H2,(H2,10,11,12);1H3. The molecule has 0 amide bonds. The zero-order valence-electron chi connectivity index (χ0n) is 7.62. The fourth-order valence-corrected chi connectivity index (χ4v) is 1.16. The zero-order valence-corrected chi connectivity index (χ0v) is 9.25. The second-order valence-electron chi connectivity index (χ2n) is 2.45. The summed E-state index contributed by atoms with van der Waals surface area (Å²) in [4.78, 5) is 0. The second-order valence-corrected chi connectivity index (χ2v) is 3.52. The largest absolute Gasteiger partial charge is 0.412 e. The van der Waals surface area contributed by atoms with Gasteiger partial charge in [-0.3, -0.25) is 0 Å². The molecule has 1 aromatic carbocycles. The van der Waals surface area contributed by atoms with E-state index in [0.717, 1.165) is 13.0 Å². The number of nitrogens with one attached hydrogen (secondary N) is 1. The van der Waals surface area contributed by atoms with Gasteiger partial charge in [0, 0.05) is 6.54 Å². The molecule has 0 saturated carbocycles. The van der Waals surface area contributed by atoms with Crippen molar-refractivity contribution in [3.05, 3.63) is 35.9 Å². The van der Waals surface area contributed by atoms with Gasteiger partial charge in [-0.25, -0.2) is 0 Å². The molecule has 0 aliphatic rings. The third-order valence-corrected chi connectivity index (χ3v) is 1.81. The highest BCUT2D eigenvalue weighted by atomic mass is 32.1. The predicted octanol–water partition coefficient (Wildman–Crippen LogP) is 2.03. The van der Waals surface area contributed by atoms with Crippen molar-refractivity contribution in [3.63, 3.8) is 0 Å².